The standard InChI is InChI=1S/C16H14BrClN2O4/c1-23-10-4-5-13(17)11(8-10)15(21)19-20-16(22)12-7-9(18)3-6-14(12)24-2/h3-8H,1-2H3,(H,19,21)(H,20,22). The lowest BCUT2D eigenvalue weighted by molar-refractivity contribution is 0.0844. The van der Waals surface area contributed by atoms with Crippen molar-refractivity contribution in [3.8, 4) is 11.5 Å². The molecule has 2 aromatic carbocycles. The molecule has 0 aliphatic carbocycles. The van der Waals surface area contributed by atoms with Crippen LogP contribution in [-0.2, 0) is 0 Å². The van der Waals surface area contributed by atoms with Crippen LogP contribution in [0.25, 0.3) is 0 Å². The average molecular weight is 414 g/mol. The molecule has 0 aliphatic rings. The molecule has 24 heavy (non-hydrogen) atoms. The molecule has 2 N–H and O–H groups in total. The average Bonchev–Trinajstić information content (AvgIpc) is 2.59. The summed E-state index contributed by atoms with van der Waals surface area (Å²) in [4.78, 5) is 24.4. The van der Waals surface area contributed by atoms with Crippen molar-refractivity contribution < 1.29 is 19.1 Å². The Morgan fingerprint density at radius 2 is 1.62 bits per heavy atom. The summed E-state index contributed by atoms with van der Waals surface area (Å²) in [5.74, 6) is -0.197. The number of hydrazine groups is 1. The van der Waals surface area contributed by atoms with Crippen molar-refractivity contribution in [2.75, 3.05) is 14.2 Å². The summed E-state index contributed by atoms with van der Waals surface area (Å²) in [6.07, 6.45) is 0. The van der Waals surface area contributed by atoms with Crippen LogP contribution in [0.3, 0.4) is 0 Å². The molecule has 2 rings (SSSR count). The normalized spacial score (nSPS) is 10.0. The fourth-order valence-corrected chi connectivity index (χ4v) is 2.51. The van der Waals surface area contributed by atoms with E-state index in [9.17, 15) is 9.59 Å². The molecule has 2 aromatic rings. The maximum absolute atomic E-state index is 12.2. The minimum atomic E-state index is -0.554. The van der Waals surface area contributed by atoms with Crippen LogP contribution >= 0.6 is 27.5 Å². The quantitative estimate of drug-likeness (QED) is 0.755. The molecule has 0 fully saturated rings. The SMILES string of the molecule is COc1ccc(Br)c(C(=O)NNC(=O)c2cc(Cl)ccc2OC)c1. The van der Waals surface area contributed by atoms with Crippen LogP contribution in [0, 0.1) is 0 Å². The summed E-state index contributed by atoms with van der Waals surface area (Å²) in [6, 6.07) is 9.54. The van der Waals surface area contributed by atoms with Crippen molar-refractivity contribution in [2.45, 2.75) is 0 Å². The Morgan fingerprint density at radius 1 is 0.958 bits per heavy atom. The van der Waals surface area contributed by atoms with E-state index in [1.165, 1.54) is 20.3 Å². The van der Waals surface area contributed by atoms with E-state index in [1.807, 2.05) is 0 Å². The molecule has 0 saturated carbocycles. The van der Waals surface area contributed by atoms with Gasteiger partial charge in [0.25, 0.3) is 11.8 Å². The van der Waals surface area contributed by atoms with Gasteiger partial charge in [-0.2, -0.15) is 0 Å². The van der Waals surface area contributed by atoms with E-state index in [4.69, 9.17) is 21.1 Å². The number of nitrogens with one attached hydrogen (secondary N) is 2. The molecule has 0 bridgehead atoms. The zero-order chi connectivity index (χ0) is 17.7. The minimum Gasteiger partial charge on any atom is -0.497 e. The molecule has 6 nitrogen and oxygen atoms in total. The van der Waals surface area contributed by atoms with Crippen LogP contribution in [0.1, 0.15) is 20.7 Å². The van der Waals surface area contributed by atoms with Gasteiger partial charge in [-0.3, -0.25) is 20.4 Å². The molecule has 0 radical (unpaired) electrons. The highest BCUT2D eigenvalue weighted by Gasteiger charge is 2.16. The van der Waals surface area contributed by atoms with E-state index in [1.54, 1.807) is 30.3 Å². The minimum absolute atomic E-state index is 0.204. The number of methoxy groups -OCH3 is 2. The third-order valence-electron chi connectivity index (χ3n) is 3.11. The third-order valence-corrected chi connectivity index (χ3v) is 4.04. The summed E-state index contributed by atoms with van der Waals surface area (Å²) < 4.78 is 10.8. The van der Waals surface area contributed by atoms with Gasteiger partial charge in [-0.15, -0.1) is 0 Å². The van der Waals surface area contributed by atoms with Crippen molar-refractivity contribution >= 4 is 39.3 Å². The number of halogens is 2. The molecule has 0 spiro atoms. The van der Waals surface area contributed by atoms with Crippen LogP contribution in [-0.4, -0.2) is 26.0 Å². The van der Waals surface area contributed by atoms with E-state index in [-0.39, 0.29) is 5.56 Å². The molecule has 0 atom stereocenters. The number of rotatable bonds is 4. The smallest absolute Gasteiger partial charge is 0.273 e. The van der Waals surface area contributed by atoms with Crippen LogP contribution in [0.2, 0.25) is 5.02 Å². The first-order valence-corrected chi connectivity index (χ1v) is 7.91. The van der Waals surface area contributed by atoms with Crippen molar-refractivity contribution in [3.63, 3.8) is 0 Å². The molecule has 0 unspecified atom stereocenters. The Bertz CT molecular complexity index is 783. The van der Waals surface area contributed by atoms with Gasteiger partial charge in [0.2, 0.25) is 0 Å². The summed E-state index contributed by atoms with van der Waals surface area (Å²) in [7, 11) is 2.93. The second-order valence-corrected chi connectivity index (χ2v) is 5.89. The Kier molecular flexibility index (Phi) is 6.05. The Morgan fingerprint density at radius 3 is 2.25 bits per heavy atom. The van der Waals surface area contributed by atoms with Gasteiger partial charge in [0.05, 0.1) is 25.3 Å². The molecular weight excluding hydrogens is 400 g/mol. The lowest BCUT2D eigenvalue weighted by atomic mass is 10.2. The van der Waals surface area contributed by atoms with E-state index in [2.05, 4.69) is 26.8 Å². The van der Waals surface area contributed by atoms with Crippen LogP contribution in [0.4, 0.5) is 0 Å². The summed E-state index contributed by atoms with van der Waals surface area (Å²) in [5.41, 5.74) is 5.18. The topological polar surface area (TPSA) is 76.7 Å². The predicted molar refractivity (Wildman–Crippen MR) is 93.6 cm³/mol. The van der Waals surface area contributed by atoms with Crippen LogP contribution < -0.4 is 20.3 Å². The Balaban J connectivity index is 2.12. The first kappa shape index (κ1) is 18.1. The number of amides is 2. The van der Waals surface area contributed by atoms with E-state index in [0.29, 0.717) is 26.6 Å². The first-order chi connectivity index (χ1) is 11.5. The maximum Gasteiger partial charge on any atom is 0.273 e. The number of carbonyl (C=O) groups is 2. The number of carbonyl (C=O) groups excluding carboxylic acids is 2. The largest absolute Gasteiger partial charge is 0.497 e. The maximum atomic E-state index is 12.2. The molecule has 2 amide bonds. The predicted octanol–water partition coefficient (Wildman–Crippen LogP) is 3.19. The van der Waals surface area contributed by atoms with Gasteiger partial charge in [0.15, 0.2) is 0 Å². The van der Waals surface area contributed by atoms with Gasteiger partial charge in [-0.1, -0.05) is 11.6 Å². The zero-order valence-electron chi connectivity index (χ0n) is 12.9. The summed E-state index contributed by atoms with van der Waals surface area (Å²) >= 11 is 9.17. The molecule has 126 valence electrons. The van der Waals surface area contributed by atoms with Crippen molar-refractivity contribution in [2.24, 2.45) is 0 Å². The summed E-state index contributed by atoms with van der Waals surface area (Å²) in [5, 5.41) is 0.378. The lowest BCUT2D eigenvalue weighted by Crippen LogP contribution is -2.41. The zero-order valence-corrected chi connectivity index (χ0v) is 15.2. The monoisotopic (exact) mass is 412 g/mol. The van der Waals surface area contributed by atoms with E-state index >= 15 is 0 Å². The fourth-order valence-electron chi connectivity index (χ4n) is 1.91. The van der Waals surface area contributed by atoms with Gasteiger partial charge in [-0.25, -0.2) is 0 Å². The van der Waals surface area contributed by atoms with Gasteiger partial charge in [0, 0.05) is 9.50 Å². The van der Waals surface area contributed by atoms with Crippen molar-refractivity contribution in [3.05, 3.63) is 57.0 Å². The number of hydrogen-bond donors (Lipinski definition) is 2. The second kappa shape index (κ2) is 8.03. The Hall–Kier alpha value is -2.25. The molecule has 0 heterocycles. The second-order valence-electron chi connectivity index (χ2n) is 4.60. The molecule has 0 aliphatic heterocycles. The number of ether oxygens (including phenoxy) is 2. The molecule has 0 aromatic heterocycles. The molecular formula is C16H14BrClN2O4. The van der Waals surface area contributed by atoms with Crippen molar-refractivity contribution in [1.29, 1.82) is 0 Å². The first-order valence-electron chi connectivity index (χ1n) is 6.74. The fraction of sp³-hybridized carbons (Fsp3) is 0.125. The highest BCUT2D eigenvalue weighted by molar-refractivity contribution is 9.10. The van der Waals surface area contributed by atoms with Crippen LogP contribution in [0.5, 0.6) is 11.5 Å². The van der Waals surface area contributed by atoms with Gasteiger partial charge in [0.1, 0.15) is 11.5 Å². The summed E-state index contributed by atoms with van der Waals surface area (Å²) in [6.45, 7) is 0. The Labute approximate surface area is 152 Å². The van der Waals surface area contributed by atoms with Gasteiger partial charge in [-0.05, 0) is 52.3 Å². The van der Waals surface area contributed by atoms with E-state index in [0.717, 1.165) is 0 Å². The van der Waals surface area contributed by atoms with Gasteiger partial charge >= 0.3 is 0 Å². The molecule has 8 heteroatoms. The van der Waals surface area contributed by atoms with Gasteiger partial charge < -0.3 is 9.47 Å². The number of benzene rings is 2. The lowest BCUT2D eigenvalue weighted by Gasteiger charge is -2.12. The third kappa shape index (κ3) is 4.18. The highest BCUT2D eigenvalue weighted by atomic mass is 79.9. The van der Waals surface area contributed by atoms with E-state index < -0.39 is 11.8 Å². The number of hydrogen-bond acceptors (Lipinski definition) is 4. The van der Waals surface area contributed by atoms with Crippen molar-refractivity contribution in [1.82, 2.24) is 10.9 Å². The molecule has 0 saturated heterocycles. The van der Waals surface area contributed by atoms with Crippen LogP contribution in [0.15, 0.2) is 40.9 Å². The highest BCUT2D eigenvalue weighted by Crippen LogP contribution is 2.23.